The lowest BCUT2D eigenvalue weighted by molar-refractivity contribution is 0.0705. The van der Waals surface area contributed by atoms with Gasteiger partial charge in [0.2, 0.25) is 10.0 Å². The lowest BCUT2D eigenvalue weighted by Gasteiger charge is -2.32. The number of amides is 2. The number of piperidine rings is 1. The van der Waals surface area contributed by atoms with Gasteiger partial charge >= 0.3 is 0 Å². The second-order valence-electron chi connectivity index (χ2n) is 9.33. The predicted octanol–water partition coefficient (Wildman–Crippen LogP) is 4.38. The normalized spacial score (nSPS) is 14.4. The molecule has 0 saturated carbocycles. The summed E-state index contributed by atoms with van der Waals surface area (Å²) in [4.78, 5) is 31.6. The molecule has 0 atom stereocenters. The van der Waals surface area contributed by atoms with Crippen molar-refractivity contribution in [1.82, 2.24) is 14.6 Å². The third kappa shape index (κ3) is 5.29. The van der Waals surface area contributed by atoms with Crippen molar-refractivity contribution in [3.63, 3.8) is 0 Å². The van der Waals surface area contributed by atoms with Crippen molar-refractivity contribution in [2.75, 3.05) is 18.4 Å². The first-order chi connectivity index (χ1) is 18.3. The van der Waals surface area contributed by atoms with Crippen molar-refractivity contribution < 1.29 is 18.0 Å². The summed E-state index contributed by atoms with van der Waals surface area (Å²) < 4.78 is 29.8. The van der Waals surface area contributed by atoms with E-state index in [2.05, 4.69) is 15.0 Å². The molecule has 5 rings (SSSR count). The first-order valence-corrected chi connectivity index (χ1v) is 13.9. The number of anilines is 1. The second-order valence-corrected chi connectivity index (χ2v) is 11.0. The molecule has 1 fully saturated rings. The Morgan fingerprint density at radius 2 is 1.55 bits per heavy atom. The maximum atomic E-state index is 13.5. The zero-order valence-corrected chi connectivity index (χ0v) is 21.7. The molecule has 2 N–H and O–H groups in total. The van der Waals surface area contributed by atoms with E-state index in [4.69, 9.17) is 0 Å². The molecule has 0 unspecified atom stereocenters. The number of likely N-dealkylation sites (tertiary alicyclic amines) is 1. The molecule has 1 aliphatic rings. The third-order valence-electron chi connectivity index (χ3n) is 6.80. The van der Waals surface area contributed by atoms with Crippen LogP contribution in [0.2, 0.25) is 0 Å². The average molecular weight is 529 g/mol. The van der Waals surface area contributed by atoms with Crippen molar-refractivity contribution in [2.24, 2.45) is 0 Å². The highest BCUT2D eigenvalue weighted by atomic mass is 32.2. The van der Waals surface area contributed by atoms with Crippen molar-refractivity contribution in [3.05, 3.63) is 102 Å². The van der Waals surface area contributed by atoms with Crippen LogP contribution in [0, 0.1) is 6.92 Å². The van der Waals surface area contributed by atoms with Crippen LogP contribution in [0.5, 0.6) is 0 Å². The summed E-state index contributed by atoms with van der Waals surface area (Å²) in [5.41, 5.74) is 2.33. The topological polar surface area (TPSA) is 108 Å². The number of carbonyl (C=O) groups excluding carboxylic acids is 2. The Morgan fingerprint density at radius 1 is 0.868 bits per heavy atom. The summed E-state index contributed by atoms with van der Waals surface area (Å²) in [5, 5.41) is 4.09. The number of hydrogen-bond acceptors (Lipinski definition) is 5. The monoisotopic (exact) mass is 528 g/mol. The van der Waals surface area contributed by atoms with Gasteiger partial charge < -0.3 is 10.2 Å². The molecule has 0 aliphatic carbocycles. The van der Waals surface area contributed by atoms with Crippen LogP contribution < -0.4 is 10.0 Å². The minimum Gasteiger partial charge on any atom is -0.337 e. The van der Waals surface area contributed by atoms with Gasteiger partial charge in [0.1, 0.15) is 5.69 Å². The molecule has 4 aromatic rings. The van der Waals surface area contributed by atoms with E-state index in [9.17, 15) is 18.0 Å². The summed E-state index contributed by atoms with van der Waals surface area (Å²) >= 11 is 0. The smallest absolute Gasteiger partial charge is 0.272 e. The summed E-state index contributed by atoms with van der Waals surface area (Å²) in [7, 11) is -3.86. The lowest BCUT2D eigenvalue weighted by atomic mass is 10.1. The van der Waals surface area contributed by atoms with Crippen LogP contribution in [0.25, 0.3) is 10.8 Å². The number of rotatable bonds is 6. The Labute approximate surface area is 221 Å². The summed E-state index contributed by atoms with van der Waals surface area (Å²) in [6.07, 6.45) is 2.58. The van der Waals surface area contributed by atoms with Gasteiger partial charge in [0.05, 0.1) is 4.90 Å². The summed E-state index contributed by atoms with van der Waals surface area (Å²) in [5.74, 6) is -0.407. The first-order valence-electron chi connectivity index (χ1n) is 12.4. The van der Waals surface area contributed by atoms with Crippen molar-refractivity contribution in [1.29, 1.82) is 0 Å². The third-order valence-corrected chi connectivity index (χ3v) is 8.38. The van der Waals surface area contributed by atoms with Gasteiger partial charge in [-0.3, -0.25) is 14.6 Å². The SMILES string of the molecule is Cc1ccccc1C(=O)Nc1ccc(S(=O)(=O)NC2CCN(C(=O)c3ccccn3)CC2)c2ccccc12. The van der Waals surface area contributed by atoms with E-state index < -0.39 is 10.0 Å². The highest BCUT2D eigenvalue weighted by molar-refractivity contribution is 7.89. The molecule has 0 bridgehead atoms. The molecule has 1 aromatic heterocycles. The van der Waals surface area contributed by atoms with Crippen LogP contribution in [-0.4, -0.2) is 49.2 Å². The van der Waals surface area contributed by atoms with E-state index in [0.29, 0.717) is 53.6 Å². The molecular weight excluding hydrogens is 500 g/mol. The molecule has 194 valence electrons. The van der Waals surface area contributed by atoms with E-state index in [-0.39, 0.29) is 22.8 Å². The summed E-state index contributed by atoms with van der Waals surface area (Å²) in [6.45, 7) is 2.74. The fourth-order valence-electron chi connectivity index (χ4n) is 4.77. The van der Waals surface area contributed by atoms with Crippen LogP contribution in [0.4, 0.5) is 5.69 Å². The molecule has 9 heteroatoms. The Hall–Kier alpha value is -4.08. The predicted molar refractivity (Wildman–Crippen MR) is 147 cm³/mol. The fraction of sp³-hybridized carbons (Fsp3) is 0.207. The largest absolute Gasteiger partial charge is 0.337 e. The molecule has 1 aliphatic heterocycles. The maximum absolute atomic E-state index is 13.5. The Morgan fingerprint density at radius 3 is 2.26 bits per heavy atom. The number of pyridine rings is 1. The number of nitrogens with one attached hydrogen (secondary N) is 2. The second kappa shape index (κ2) is 10.7. The minimum atomic E-state index is -3.86. The molecule has 2 amide bonds. The minimum absolute atomic E-state index is 0.147. The van der Waals surface area contributed by atoms with Gasteiger partial charge in [-0.2, -0.15) is 0 Å². The number of benzene rings is 3. The number of aryl methyl sites for hydroxylation is 1. The molecule has 0 spiro atoms. The molecule has 3 aromatic carbocycles. The Balaban J connectivity index is 1.32. The van der Waals surface area contributed by atoms with Gasteiger partial charge in [0.15, 0.2) is 0 Å². The zero-order chi connectivity index (χ0) is 26.7. The van der Waals surface area contributed by atoms with Gasteiger partial charge in [-0.1, -0.05) is 48.5 Å². The van der Waals surface area contributed by atoms with Crippen molar-refractivity contribution in [3.8, 4) is 0 Å². The van der Waals surface area contributed by atoms with Crippen LogP contribution in [-0.2, 0) is 10.0 Å². The molecule has 2 heterocycles. The number of fused-ring (bicyclic) bond motifs is 1. The summed E-state index contributed by atoms with van der Waals surface area (Å²) in [6, 6.07) is 22.5. The van der Waals surface area contributed by atoms with Crippen LogP contribution in [0.3, 0.4) is 0 Å². The van der Waals surface area contributed by atoms with Crippen molar-refractivity contribution in [2.45, 2.75) is 30.7 Å². The first kappa shape index (κ1) is 25.6. The molecule has 1 saturated heterocycles. The van der Waals surface area contributed by atoms with E-state index >= 15 is 0 Å². The quantitative estimate of drug-likeness (QED) is 0.386. The molecular formula is C29H28N4O4S. The fourth-order valence-corrected chi connectivity index (χ4v) is 6.28. The van der Waals surface area contributed by atoms with E-state index in [0.717, 1.165) is 5.56 Å². The van der Waals surface area contributed by atoms with Gasteiger partial charge in [0, 0.05) is 47.4 Å². The molecule has 38 heavy (non-hydrogen) atoms. The van der Waals surface area contributed by atoms with E-state index in [1.54, 1.807) is 65.7 Å². The van der Waals surface area contributed by atoms with Crippen LogP contribution >= 0.6 is 0 Å². The van der Waals surface area contributed by atoms with Crippen molar-refractivity contribution >= 4 is 38.3 Å². The van der Waals surface area contributed by atoms with Gasteiger partial charge in [-0.05, 0) is 55.7 Å². The number of hydrogen-bond donors (Lipinski definition) is 2. The van der Waals surface area contributed by atoms with Crippen LogP contribution in [0.1, 0.15) is 39.3 Å². The van der Waals surface area contributed by atoms with Gasteiger partial charge in [0.25, 0.3) is 11.8 Å². The molecule has 8 nitrogen and oxygen atoms in total. The highest BCUT2D eigenvalue weighted by Gasteiger charge is 2.28. The number of carbonyl (C=O) groups is 2. The van der Waals surface area contributed by atoms with E-state index in [1.165, 1.54) is 6.07 Å². The van der Waals surface area contributed by atoms with Crippen LogP contribution in [0.15, 0.2) is 90.0 Å². The number of nitrogens with zero attached hydrogens (tertiary/aromatic N) is 2. The zero-order valence-electron chi connectivity index (χ0n) is 20.9. The number of sulfonamides is 1. The lowest BCUT2D eigenvalue weighted by Crippen LogP contribution is -2.46. The Kier molecular flexibility index (Phi) is 7.22. The van der Waals surface area contributed by atoms with Gasteiger partial charge in [-0.25, -0.2) is 13.1 Å². The number of aromatic nitrogens is 1. The average Bonchev–Trinajstić information content (AvgIpc) is 2.93. The standard InChI is InChI=1S/C29H28N4O4S/c1-20-8-2-3-9-22(20)28(34)31-25-13-14-27(24-11-5-4-10-23(24)25)38(36,37)32-21-15-18-33(19-16-21)29(35)26-12-6-7-17-30-26/h2-14,17,21,32H,15-16,18-19H2,1H3,(H,31,34). The Bertz CT molecular complexity index is 1600. The van der Waals surface area contributed by atoms with E-state index in [1.807, 2.05) is 25.1 Å². The maximum Gasteiger partial charge on any atom is 0.272 e. The molecule has 0 radical (unpaired) electrons. The highest BCUT2D eigenvalue weighted by Crippen LogP contribution is 2.30. The van der Waals surface area contributed by atoms with Gasteiger partial charge in [-0.15, -0.1) is 0 Å².